The van der Waals surface area contributed by atoms with Gasteiger partial charge in [0.15, 0.2) is 0 Å². The number of rotatable bonds is 7. The quantitative estimate of drug-likeness (QED) is 0.418. The molecule has 0 aliphatic heterocycles. The van der Waals surface area contributed by atoms with Crippen molar-refractivity contribution < 1.29 is 9.84 Å². The molecule has 1 atom stereocenters. The summed E-state index contributed by atoms with van der Waals surface area (Å²) in [5.41, 5.74) is 0. The molecular formula is C9H17NO2. The minimum atomic E-state index is 0.178. The summed E-state index contributed by atoms with van der Waals surface area (Å²) < 4.78 is 4.96. The zero-order chi connectivity index (χ0) is 9.23. The maximum absolute atomic E-state index is 8.68. The Balaban J connectivity index is 3.42. The topological polar surface area (TPSA) is 41.5 Å². The molecule has 0 aromatic heterocycles. The van der Waals surface area contributed by atoms with Crippen molar-refractivity contribution in [3.63, 3.8) is 0 Å². The molecule has 0 aromatic rings. The maximum Gasteiger partial charge on any atom is 0.0616 e. The van der Waals surface area contributed by atoms with Crippen LogP contribution in [0, 0.1) is 12.3 Å². The predicted octanol–water partition coefficient (Wildman–Crippen LogP) is -0.00330. The molecule has 0 spiro atoms. The standard InChI is InChI=1S/C9H17NO2/c1-3-4-6-10-9(5-7-11)8-12-2/h1,9-11H,4-8H2,2H3. The zero-order valence-electron chi connectivity index (χ0n) is 7.55. The Labute approximate surface area is 74.1 Å². The van der Waals surface area contributed by atoms with Crippen LogP contribution in [0.2, 0.25) is 0 Å². The van der Waals surface area contributed by atoms with Crippen molar-refractivity contribution in [3.05, 3.63) is 0 Å². The Kier molecular flexibility index (Phi) is 8.14. The molecule has 0 radical (unpaired) electrons. The lowest BCUT2D eigenvalue weighted by atomic mass is 10.2. The van der Waals surface area contributed by atoms with E-state index in [1.165, 1.54) is 0 Å². The fourth-order valence-electron chi connectivity index (χ4n) is 0.950. The third-order valence-electron chi connectivity index (χ3n) is 1.55. The Morgan fingerprint density at radius 2 is 2.42 bits per heavy atom. The maximum atomic E-state index is 8.68. The van der Waals surface area contributed by atoms with Crippen LogP contribution in [0.4, 0.5) is 0 Å². The first kappa shape index (κ1) is 11.4. The summed E-state index contributed by atoms with van der Waals surface area (Å²) in [6.45, 7) is 1.58. The van der Waals surface area contributed by atoms with E-state index in [-0.39, 0.29) is 12.6 Å². The van der Waals surface area contributed by atoms with E-state index in [0.29, 0.717) is 19.4 Å². The minimum Gasteiger partial charge on any atom is -0.396 e. The van der Waals surface area contributed by atoms with Crippen molar-refractivity contribution in [3.8, 4) is 12.3 Å². The van der Waals surface area contributed by atoms with Gasteiger partial charge in [-0.2, -0.15) is 0 Å². The molecule has 0 aromatic carbocycles. The monoisotopic (exact) mass is 171 g/mol. The van der Waals surface area contributed by atoms with Crippen molar-refractivity contribution >= 4 is 0 Å². The Hall–Kier alpha value is -0.560. The third-order valence-corrected chi connectivity index (χ3v) is 1.55. The second-order valence-corrected chi connectivity index (χ2v) is 2.57. The fraction of sp³-hybridized carbons (Fsp3) is 0.778. The lowest BCUT2D eigenvalue weighted by Crippen LogP contribution is -2.34. The molecule has 3 nitrogen and oxygen atoms in total. The number of aliphatic hydroxyl groups is 1. The molecule has 70 valence electrons. The van der Waals surface area contributed by atoms with Gasteiger partial charge in [-0.25, -0.2) is 0 Å². The molecule has 0 fully saturated rings. The van der Waals surface area contributed by atoms with Gasteiger partial charge < -0.3 is 15.2 Å². The van der Waals surface area contributed by atoms with Gasteiger partial charge in [0.25, 0.3) is 0 Å². The third kappa shape index (κ3) is 6.17. The average molecular weight is 171 g/mol. The number of hydrogen-bond donors (Lipinski definition) is 2. The largest absolute Gasteiger partial charge is 0.396 e. The summed E-state index contributed by atoms with van der Waals surface area (Å²) in [6, 6.07) is 0.216. The molecule has 3 heteroatoms. The lowest BCUT2D eigenvalue weighted by molar-refractivity contribution is 0.149. The Morgan fingerprint density at radius 3 is 2.92 bits per heavy atom. The van der Waals surface area contributed by atoms with Crippen molar-refractivity contribution in [2.75, 3.05) is 26.9 Å². The molecule has 0 saturated heterocycles. The van der Waals surface area contributed by atoms with E-state index in [2.05, 4.69) is 11.2 Å². The molecule has 0 aliphatic rings. The van der Waals surface area contributed by atoms with E-state index < -0.39 is 0 Å². The number of hydrogen-bond acceptors (Lipinski definition) is 3. The SMILES string of the molecule is C#CCCNC(CCO)COC. The van der Waals surface area contributed by atoms with Crippen LogP contribution >= 0.6 is 0 Å². The second kappa shape index (κ2) is 8.54. The van der Waals surface area contributed by atoms with Crippen molar-refractivity contribution in [2.24, 2.45) is 0 Å². The summed E-state index contributed by atoms with van der Waals surface area (Å²) >= 11 is 0. The van der Waals surface area contributed by atoms with Crippen molar-refractivity contribution in [2.45, 2.75) is 18.9 Å². The highest BCUT2D eigenvalue weighted by Crippen LogP contribution is 1.91. The van der Waals surface area contributed by atoms with Crippen LogP contribution in [0.25, 0.3) is 0 Å². The summed E-state index contributed by atoms with van der Waals surface area (Å²) in [4.78, 5) is 0. The van der Waals surface area contributed by atoms with Gasteiger partial charge in [-0.05, 0) is 6.42 Å². The van der Waals surface area contributed by atoms with Gasteiger partial charge in [-0.15, -0.1) is 12.3 Å². The highest BCUT2D eigenvalue weighted by atomic mass is 16.5. The first-order valence-corrected chi connectivity index (χ1v) is 4.11. The molecule has 0 bridgehead atoms. The van der Waals surface area contributed by atoms with E-state index in [1.54, 1.807) is 7.11 Å². The second-order valence-electron chi connectivity index (χ2n) is 2.57. The number of nitrogens with one attached hydrogen (secondary N) is 1. The van der Waals surface area contributed by atoms with Gasteiger partial charge in [0.1, 0.15) is 0 Å². The zero-order valence-corrected chi connectivity index (χ0v) is 7.55. The first-order chi connectivity index (χ1) is 5.85. The molecule has 12 heavy (non-hydrogen) atoms. The first-order valence-electron chi connectivity index (χ1n) is 4.11. The molecule has 0 saturated carbocycles. The smallest absolute Gasteiger partial charge is 0.0616 e. The van der Waals surface area contributed by atoms with Crippen LogP contribution < -0.4 is 5.32 Å². The van der Waals surface area contributed by atoms with Crippen LogP contribution in [-0.4, -0.2) is 38.0 Å². The van der Waals surface area contributed by atoms with Crippen LogP contribution in [0.1, 0.15) is 12.8 Å². The number of terminal acetylenes is 1. The van der Waals surface area contributed by atoms with E-state index >= 15 is 0 Å². The van der Waals surface area contributed by atoms with Gasteiger partial charge in [-0.3, -0.25) is 0 Å². The van der Waals surface area contributed by atoms with Crippen molar-refractivity contribution in [1.82, 2.24) is 5.32 Å². The van der Waals surface area contributed by atoms with Gasteiger partial charge in [-0.1, -0.05) is 0 Å². The lowest BCUT2D eigenvalue weighted by Gasteiger charge is -2.15. The van der Waals surface area contributed by atoms with E-state index in [9.17, 15) is 0 Å². The van der Waals surface area contributed by atoms with E-state index in [4.69, 9.17) is 16.3 Å². The fourth-order valence-corrected chi connectivity index (χ4v) is 0.950. The van der Waals surface area contributed by atoms with Crippen LogP contribution in [0.5, 0.6) is 0 Å². The van der Waals surface area contributed by atoms with Gasteiger partial charge in [0, 0.05) is 32.7 Å². The number of ether oxygens (including phenoxy) is 1. The van der Waals surface area contributed by atoms with Crippen LogP contribution in [0.3, 0.4) is 0 Å². The molecular weight excluding hydrogens is 154 g/mol. The van der Waals surface area contributed by atoms with E-state index in [0.717, 1.165) is 6.54 Å². The van der Waals surface area contributed by atoms with E-state index in [1.807, 2.05) is 0 Å². The molecule has 0 rings (SSSR count). The van der Waals surface area contributed by atoms with Crippen LogP contribution in [0.15, 0.2) is 0 Å². The van der Waals surface area contributed by atoms with Crippen molar-refractivity contribution in [1.29, 1.82) is 0 Å². The summed E-state index contributed by atoms with van der Waals surface area (Å²) in [5.74, 6) is 2.54. The normalized spacial score (nSPS) is 12.4. The molecule has 2 N–H and O–H groups in total. The van der Waals surface area contributed by atoms with Crippen LogP contribution in [-0.2, 0) is 4.74 Å². The summed E-state index contributed by atoms with van der Waals surface area (Å²) in [5, 5.41) is 11.9. The van der Waals surface area contributed by atoms with Gasteiger partial charge in [0.2, 0.25) is 0 Å². The Morgan fingerprint density at radius 1 is 1.67 bits per heavy atom. The number of aliphatic hydroxyl groups excluding tert-OH is 1. The number of methoxy groups -OCH3 is 1. The molecule has 0 heterocycles. The molecule has 1 unspecified atom stereocenters. The summed E-state index contributed by atoms with van der Waals surface area (Å²) in [6.07, 6.45) is 6.51. The van der Waals surface area contributed by atoms with Gasteiger partial charge in [0.05, 0.1) is 6.61 Å². The highest BCUT2D eigenvalue weighted by Gasteiger charge is 2.04. The minimum absolute atomic E-state index is 0.178. The molecule has 0 amide bonds. The molecule has 0 aliphatic carbocycles. The predicted molar refractivity (Wildman–Crippen MR) is 48.8 cm³/mol. The summed E-state index contributed by atoms with van der Waals surface area (Å²) in [7, 11) is 1.65. The highest BCUT2D eigenvalue weighted by molar-refractivity contribution is 4.84. The average Bonchev–Trinajstić information content (AvgIpc) is 2.06. The Bertz CT molecular complexity index is 125. The van der Waals surface area contributed by atoms with Gasteiger partial charge >= 0.3 is 0 Å².